The van der Waals surface area contributed by atoms with Gasteiger partial charge in [-0.15, -0.1) is 0 Å². The largest absolute Gasteiger partial charge is 0.312 e. The fourth-order valence-electron chi connectivity index (χ4n) is 0.601. The van der Waals surface area contributed by atoms with Crippen molar-refractivity contribution in [1.82, 2.24) is 5.43 Å². The number of ketones is 1. The van der Waals surface area contributed by atoms with Crippen molar-refractivity contribution in [3.63, 3.8) is 0 Å². The third kappa shape index (κ3) is 5.50. The average Bonchev–Trinajstić information content (AvgIpc) is 1.97. The van der Waals surface area contributed by atoms with Gasteiger partial charge in [0.1, 0.15) is 11.6 Å². The van der Waals surface area contributed by atoms with Crippen LogP contribution in [0.1, 0.15) is 19.8 Å². The van der Waals surface area contributed by atoms with Crippen molar-refractivity contribution >= 4 is 11.6 Å². The maximum Gasteiger partial charge on any atom is 0.130 e. The maximum atomic E-state index is 10.5. The van der Waals surface area contributed by atoms with Crippen molar-refractivity contribution in [2.24, 2.45) is 16.6 Å². The van der Waals surface area contributed by atoms with E-state index >= 15 is 0 Å². The van der Waals surface area contributed by atoms with Crippen molar-refractivity contribution in [3.8, 4) is 0 Å². The molecule has 5 N–H and O–H groups in total. The molecular formula is C6H14N4O. The summed E-state index contributed by atoms with van der Waals surface area (Å²) in [5.41, 5.74) is 7.52. The molecule has 0 heterocycles. The molecule has 5 nitrogen and oxygen atoms in total. The summed E-state index contributed by atoms with van der Waals surface area (Å²) >= 11 is 0. The third-order valence-electron chi connectivity index (χ3n) is 1.16. The first-order valence-corrected chi connectivity index (χ1v) is 3.40. The molecule has 0 radical (unpaired) electrons. The van der Waals surface area contributed by atoms with E-state index < -0.39 is 0 Å². The molecule has 0 saturated heterocycles. The SMILES string of the molecule is CC(=O)CCC(=NCN)NN. The van der Waals surface area contributed by atoms with E-state index in [4.69, 9.17) is 11.6 Å². The highest BCUT2D eigenvalue weighted by Crippen LogP contribution is 1.90. The molecule has 0 atom stereocenters. The lowest BCUT2D eigenvalue weighted by atomic mass is 10.2. The summed E-state index contributed by atoms with van der Waals surface area (Å²) in [6, 6.07) is 0. The number of hydrogen-bond acceptors (Lipinski definition) is 4. The Morgan fingerprint density at radius 1 is 1.55 bits per heavy atom. The van der Waals surface area contributed by atoms with Gasteiger partial charge < -0.3 is 16.0 Å². The second-order valence-corrected chi connectivity index (χ2v) is 2.13. The number of nitrogens with two attached hydrogens (primary N) is 2. The summed E-state index contributed by atoms with van der Waals surface area (Å²) < 4.78 is 0. The molecule has 0 bridgehead atoms. The standard InChI is InChI=1S/C6H14N4O/c1-5(11)2-3-6(10-8)9-4-7/h2-4,7-8H2,1H3,(H,9,10). The number of Topliss-reactive ketones (excluding diaryl/α,β-unsaturated/α-hetero) is 1. The molecule has 0 fully saturated rings. The summed E-state index contributed by atoms with van der Waals surface area (Å²) in [6.45, 7) is 1.72. The Bertz CT molecular complexity index is 155. The van der Waals surface area contributed by atoms with Gasteiger partial charge in [-0.3, -0.25) is 4.99 Å². The van der Waals surface area contributed by atoms with Gasteiger partial charge in [-0.05, 0) is 6.92 Å². The van der Waals surface area contributed by atoms with Crippen LogP contribution < -0.4 is 17.0 Å². The molecule has 11 heavy (non-hydrogen) atoms. The molecule has 0 aliphatic rings. The van der Waals surface area contributed by atoms with Crippen LogP contribution in [0, 0.1) is 0 Å². The Kier molecular flexibility index (Phi) is 5.32. The highest BCUT2D eigenvalue weighted by atomic mass is 16.1. The summed E-state index contributed by atoms with van der Waals surface area (Å²) in [7, 11) is 0. The van der Waals surface area contributed by atoms with Gasteiger partial charge in [0.2, 0.25) is 0 Å². The smallest absolute Gasteiger partial charge is 0.130 e. The van der Waals surface area contributed by atoms with Gasteiger partial charge in [0.05, 0.1) is 6.67 Å². The Morgan fingerprint density at radius 2 is 2.18 bits per heavy atom. The van der Waals surface area contributed by atoms with Crippen LogP contribution in [-0.2, 0) is 4.79 Å². The Labute approximate surface area is 65.8 Å². The van der Waals surface area contributed by atoms with E-state index in [9.17, 15) is 4.79 Å². The fourth-order valence-corrected chi connectivity index (χ4v) is 0.601. The van der Waals surface area contributed by atoms with Crippen LogP contribution in [0.4, 0.5) is 0 Å². The number of nitrogens with zero attached hydrogens (tertiary/aromatic N) is 1. The molecule has 0 aromatic rings. The molecule has 0 saturated carbocycles. The second kappa shape index (κ2) is 5.82. The molecule has 5 heteroatoms. The number of aliphatic imine (C=N–C) groups is 1. The zero-order valence-electron chi connectivity index (χ0n) is 6.63. The van der Waals surface area contributed by atoms with E-state index in [1.165, 1.54) is 6.92 Å². The van der Waals surface area contributed by atoms with Gasteiger partial charge in [-0.2, -0.15) is 0 Å². The summed E-state index contributed by atoms with van der Waals surface area (Å²) in [5.74, 6) is 5.79. The molecule has 0 unspecified atom stereocenters. The molecule has 0 aromatic heterocycles. The van der Waals surface area contributed by atoms with Crippen molar-refractivity contribution in [2.75, 3.05) is 6.67 Å². The molecule has 0 aliphatic heterocycles. The number of nitrogens with one attached hydrogen (secondary N) is 1. The van der Waals surface area contributed by atoms with Gasteiger partial charge in [0.15, 0.2) is 0 Å². The van der Waals surface area contributed by atoms with Crippen LogP contribution in [0.2, 0.25) is 0 Å². The van der Waals surface area contributed by atoms with E-state index in [1.807, 2.05) is 0 Å². The van der Waals surface area contributed by atoms with E-state index in [0.717, 1.165) is 0 Å². The maximum absolute atomic E-state index is 10.5. The minimum absolute atomic E-state index is 0.116. The minimum Gasteiger partial charge on any atom is -0.312 e. The number of hydrazine groups is 1. The topological polar surface area (TPSA) is 93.5 Å². The van der Waals surface area contributed by atoms with Gasteiger partial charge >= 0.3 is 0 Å². The van der Waals surface area contributed by atoms with Gasteiger partial charge in [-0.25, -0.2) is 5.84 Å². The molecule has 0 spiro atoms. The third-order valence-corrected chi connectivity index (χ3v) is 1.16. The first-order chi connectivity index (χ1) is 5.20. The monoisotopic (exact) mass is 158 g/mol. The Morgan fingerprint density at radius 3 is 2.55 bits per heavy atom. The summed E-state index contributed by atoms with van der Waals surface area (Å²) in [4.78, 5) is 14.3. The van der Waals surface area contributed by atoms with Crippen molar-refractivity contribution in [1.29, 1.82) is 0 Å². The van der Waals surface area contributed by atoms with E-state index in [1.54, 1.807) is 0 Å². The van der Waals surface area contributed by atoms with Crippen LogP contribution >= 0.6 is 0 Å². The van der Waals surface area contributed by atoms with Crippen LogP contribution in [0.5, 0.6) is 0 Å². The number of amidine groups is 1. The molecular weight excluding hydrogens is 144 g/mol. The number of hydrogen-bond donors (Lipinski definition) is 3. The lowest BCUT2D eigenvalue weighted by molar-refractivity contribution is -0.116. The summed E-state index contributed by atoms with van der Waals surface area (Å²) in [5, 5.41) is 0. The Balaban J connectivity index is 3.69. The summed E-state index contributed by atoms with van der Waals surface area (Å²) in [6.07, 6.45) is 0.978. The van der Waals surface area contributed by atoms with Crippen molar-refractivity contribution in [2.45, 2.75) is 19.8 Å². The average molecular weight is 158 g/mol. The molecule has 0 aromatic carbocycles. The number of rotatable bonds is 4. The van der Waals surface area contributed by atoms with Gasteiger partial charge in [0, 0.05) is 12.8 Å². The highest BCUT2D eigenvalue weighted by Gasteiger charge is 1.98. The first kappa shape index (κ1) is 10.1. The second-order valence-electron chi connectivity index (χ2n) is 2.13. The first-order valence-electron chi connectivity index (χ1n) is 3.40. The molecule has 64 valence electrons. The van der Waals surface area contributed by atoms with E-state index in [0.29, 0.717) is 18.7 Å². The van der Waals surface area contributed by atoms with Crippen LogP contribution in [0.3, 0.4) is 0 Å². The number of carbonyl (C=O) groups is 1. The van der Waals surface area contributed by atoms with Crippen molar-refractivity contribution in [3.05, 3.63) is 0 Å². The van der Waals surface area contributed by atoms with Crippen LogP contribution in [-0.4, -0.2) is 18.3 Å². The zero-order valence-corrected chi connectivity index (χ0v) is 6.63. The molecule has 0 amide bonds. The lowest BCUT2D eigenvalue weighted by Crippen LogP contribution is -2.31. The van der Waals surface area contributed by atoms with Gasteiger partial charge in [0.25, 0.3) is 0 Å². The highest BCUT2D eigenvalue weighted by molar-refractivity contribution is 5.86. The molecule has 0 aliphatic carbocycles. The predicted octanol–water partition coefficient (Wildman–Crippen LogP) is -0.866. The van der Waals surface area contributed by atoms with E-state index in [-0.39, 0.29) is 12.5 Å². The zero-order chi connectivity index (χ0) is 8.69. The van der Waals surface area contributed by atoms with Crippen molar-refractivity contribution < 1.29 is 4.79 Å². The number of carbonyl (C=O) groups excluding carboxylic acids is 1. The fraction of sp³-hybridized carbons (Fsp3) is 0.667. The minimum atomic E-state index is 0.116. The molecule has 0 rings (SSSR count). The van der Waals surface area contributed by atoms with Crippen LogP contribution in [0.25, 0.3) is 0 Å². The quantitative estimate of drug-likeness (QED) is 0.215. The lowest BCUT2D eigenvalue weighted by Gasteiger charge is -2.02. The predicted molar refractivity (Wildman–Crippen MR) is 43.7 cm³/mol. The van der Waals surface area contributed by atoms with Crippen LogP contribution in [0.15, 0.2) is 4.99 Å². The Hall–Kier alpha value is -0.940. The normalized spacial score (nSPS) is 11.4. The van der Waals surface area contributed by atoms with E-state index in [2.05, 4.69) is 10.4 Å². The van der Waals surface area contributed by atoms with Gasteiger partial charge in [-0.1, -0.05) is 0 Å².